The minimum absolute atomic E-state index is 0.0288. The molecule has 3 aliphatic rings. The van der Waals surface area contributed by atoms with Gasteiger partial charge < -0.3 is 10.0 Å². The fraction of sp³-hybridized carbons (Fsp3) is 0.636. The fourth-order valence-corrected chi connectivity index (χ4v) is 6.03. The second kappa shape index (κ2) is 6.96. The molecule has 6 nitrogen and oxygen atoms in total. The number of piperidine rings is 1. The van der Waals surface area contributed by atoms with E-state index >= 15 is 0 Å². The van der Waals surface area contributed by atoms with Gasteiger partial charge in [0.15, 0.2) is 0 Å². The Morgan fingerprint density at radius 2 is 1.93 bits per heavy atom. The molecule has 0 radical (unpaired) electrons. The van der Waals surface area contributed by atoms with Crippen molar-refractivity contribution >= 4 is 28.4 Å². The monoisotopic (exact) mass is 416 g/mol. The predicted molar refractivity (Wildman–Crippen MR) is 113 cm³/mol. The SMILES string of the molecule is C[C@H](C(=O)N1CCC(C2(C)[C@H](O)c3cc(Cl)cc4cnn2c34)CC1)N1CCCC1. The van der Waals surface area contributed by atoms with Crippen molar-refractivity contribution in [1.82, 2.24) is 19.6 Å². The second-order valence-corrected chi connectivity index (χ2v) is 9.57. The van der Waals surface area contributed by atoms with Crippen molar-refractivity contribution in [1.29, 1.82) is 0 Å². The van der Waals surface area contributed by atoms with E-state index < -0.39 is 11.6 Å². The third kappa shape index (κ3) is 2.83. The zero-order valence-electron chi connectivity index (χ0n) is 17.1. The van der Waals surface area contributed by atoms with Crippen LogP contribution in [0, 0.1) is 5.92 Å². The highest BCUT2D eigenvalue weighted by Gasteiger charge is 2.50. The van der Waals surface area contributed by atoms with Crippen molar-refractivity contribution in [2.45, 2.75) is 57.2 Å². The average molecular weight is 417 g/mol. The second-order valence-electron chi connectivity index (χ2n) is 9.14. The lowest BCUT2D eigenvalue weighted by Crippen LogP contribution is -2.52. The van der Waals surface area contributed by atoms with Crippen molar-refractivity contribution in [2.24, 2.45) is 5.92 Å². The van der Waals surface area contributed by atoms with Crippen LogP contribution in [0.25, 0.3) is 10.9 Å². The molecule has 1 aromatic heterocycles. The van der Waals surface area contributed by atoms with Crippen LogP contribution < -0.4 is 0 Å². The number of benzene rings is 1. The van der Waals surface area contributed by atoms with Crippen molar-refractivity contribution < 1.29 is 9.90 Å². The lowest BCUT2D eigenvalue weighted by atomic mass is 9.75. The van der Waals surface area contributed by atoms with Gasteiger partial charge in [-0.15, -0.1) is 0 Å². The molecule has 2 fully saturated rings. The summed E-state index contributed by atoms with van der Waals surface area (Å²) in [5, 5.41) is 17.5. The first-order chi connectivity index (χ1) is 13.9. The Kier molecular flexibility index (Phi) is 4.64. The van der Waals surface area contributed by atoms with Gasteiger partial charge in [-0.2, -0.15) is 5.10 Å². The first kappa shape index (κ1) is 19.3. The molecule has 2 saturated heterocycles. The Morgan fingerprint density at radius 1 is 1.24 bits per heavy atom. The molecule has 4 heterocycles. The molecule has 7 heteroatoms. The zero-order valence-corrected chi connectivity index (χ0v) is 17.9. The number of hydrogen-bond donors (Lipinski definition) is 1. The van der Waals surface area contributed by atoms with Gasteiger partial charge in [-0.05, 0) is 70.7 Å². The lowest BCUT2D eigenvalue weighted by molar-refractivity contribution is -0.138. The van der Waals surface area contributed by atoms with Crippen molar-refractivity contribution in [3.63, 3.8) is 0 Å². The van der Waals surface area contributed by atoms with E-state index in [4.69, 9.17) is 11.6 Å². The number of likely N-dealkylation sites (tertiary alicyclic amines) is 2. The van der Waals surface area contributed by atoms with E-state index in [-0.39, 0.29) is 17.9 Å². The highest BCUT2D eigenvalue weighted by atomic mass is 35.5. The Labute approximate surface area is 176 Å². The molecule has 0 saturated carbocycles. The normalized spacial score (nSPS) is 29.1. The van der Waals surface area contributed by atoms with Crippen LogP contribution in [-0.2, 0) is 10.3 Å². The molecule has 3 atom stereocenters. The number of carbonyl (C=O) groups excluding carboxylic acids is 1. The number of aromatic nitrogens is 2. The van der Waals surface area contributed by atoms with Crippen LogP contribution in [0.5, 0.6) is 0 Å². The summed E-state index contributed by atoms with van der Waals surface area (Å²) in [6, 6.07) is 3.75. The standard InChI is InChI=1S/C22H29ClN4O2/c1-14(25-7-3-4-8-25)21(29)26-9-5-16(6-10-26)22(2)20(28)18-12-17(23)11-15-13-24-27(22)19(15)18/h11-14,16,20,28H,3-10H2,1-2H3/t14-,20-,22?/m1/s1. The van der Waals surface area contributed by atoms with E-state index in [9.17, 15) is 9.90 Å². The topological polar surface area (TPSA) is 61.6 Å². The summed E-state index contributed by atoms with van der Waals surface area (Å²) < 4.78 is 2.01. The van der Waals surface area contributed by atoms with Gasteiger partial charge in [0.25, 0.3) is 0 Å². The molecule has 3 aliphatic heterocycles. The maximum Gasteiger partial charge on any atom is 0.239 e. The van der Waals surface area contributed by atoms with Crippen molar-refractivity contribution in [2.75, 3.05) is 26.2 Å². The number of halogens is 1. The molecule has 29 heavy (non-hydrogen) atoms. The Hall–Kier alpha value is -1.63. The Bertz CT molecular complexity index is 946. The van der Waals surface area contributed by atoms with Crippen molar-refractivity contribution in [3.8, 4) is 0 Å². The summed E-state index contributed by atoms with van der Waals surface area (Å²) in [6.45, 7) is 7.69. The maximum absolute atomic E-state index is 13.0. The van der Waals surface area contributed by atoms with Crippen LogP contribution in [0.2, 0.25) is 5.02 Å². The first-order valence-electron chi connectivity index (χ1n) is 10.8. The molecule has 1 amide bonds. The molecule has 156 valence electrons. The van der Waals surface area contributed by atoms with Crippen LogP contribution in [0.1, 0.15) is 51.2 Å². The summed E-state index contributed by atoms with van der Waals surface area (Å²) in [5.74, 6) is 0.497. The van der Waals surface area contributed by atoms with Crippen LogP contribution in [-0.4, -0.2) is 62.8 Å². The lowest BCUT2D eigenvalue weighted by Gasteiger charge is -2.43. The number of nitrogens with zero attached hydrogens (tertiary/aromatic N) is 4. The maximum atomic E-state index is 13.0. The fourth-order valence-electron chi connectivity index (χ4n) is 5.80. The smallest absolute Gasteiger partial charge is 0.239 e. The zero-order chi connectivity index (χ0) is 20.3. The molecule has 1 N–H and O–H groups in total. The third-order valence-electron chi connectivity index (χ3n) is 7.64. The van der Waals surface area contributed by atoms with E-state index in [1.165, 1.54) is 12.8 Å². The number of aliphatic hydroxyl groups is 1. The minimum Gasteiger partial charge on any atom is -0.386 e. The predicted octanol–water partition coefficient (Wildman–Crippen LogP) is 3.17. The molecular weight excluding hydrogens is 388 g/mol. The quantitative estimate of drug-likeness (QED) is 0.834. The van der Waals surface area contributed by atoms with E-state index in [2.05, 4.69) is 16.9 Å². The minimum atomic E-state index is -0.636. The van der Waals surface area contributed by atoms with E-state index in [0.717, 1.165) is 55.5 Å². The largest absolute Gasteiger partial charge is 0.386 e. The number of rotatable bonds is 3. The summed E-state index contributed by atoms with van der Waals surface area (Å²) in [5.41, 5.74) is 1.35. The van der Waals surface area contributed by atoms with Crippen LogP contribution in [0.3, 0.4) is 0 Å². The Balaban J connectivity index is 1.34. The molecular formula is C22H29ClN4O2. The third-order valence-corrected chi connectivity index (χ3v) is 7.86. The summed E-state index contributed by atoms with van der Waals surface area (Å²) in [6.07, 6.45) is 5.33. The van der Waals surface area contributed by atoms with Crippen LogP contribution >= 0.6 is 11.6 Å². The molecule has 2 aromatic rings. The van der Waals surface area contributed by atoms with E-state index in [1.807, 2.05) is 34.8 Å². The summed E-state index contributed by atoms with van der Waals surface area (Å²) in [7, 11) is 0. The number of hydrogen-bond acceptors (Lipinski definition) is 4. The van der Waals surface area contributed by atoms with Gasteiger partial charge in [-0.1, -0.05) is 11.6 Å². The van der Waals surface area contributed by atoms with Gasteiger partial charge in [0.2, 0.25) is 5.91 Å². The summed E-state index contributed by atoms with van der Waals surface area (Å²) in [4.78, 5) is 17.3. The molecule has 1 aromatic carbocycles. The van der Waals surface area contributed by atoms with Gasteiger partial charge in [0, 0.05) is 29.1 Å². The van der Waals surface area contributed by atoms with Gasteiger partial charge >= 0.3 is 0 Å². The Morgan fingerprint density at radius 3 is 2.62 bits per heavy atom. The molecule has 5 rings (SSSR count). The van der Waals surface area contributed by atoms with Crippen LogP contribution in [0.4, 0.5) is 0 Å². The number of amides is 1. The van der Waals surface area contributed by atoms with Crippen molar-refractivity contribution in [3.05, 3.63) is 28.9 Å². The van der Waals surface area contributed by atoms with Gasteiger partial charge in [0.05, 0.1) is 23.3 Å². The van der Waals surface area contributed by atoms with E-state index in [0.29, 0.717) is 5.02 Å². The van der Waals surface area contributed by atoms with Gasteiger partial charge in [0.1, 0.15) is 6.10 Å². The summed E-state index contributed by atoms with van der Waals surface area (Å²) >= 11 is 6.27. The molecule has 0 aliphatic carbocycles. The number of aliphatic hydroxyl groups excluding tert-OH is 1. The average Bonchev–Trinajstić information content (AvgIpc) is 3.45. The molecule has 1 unspecified atom stereocenters. The van der Waals surface area contributed by atoms with Crippen LogP contribution in [0.15, 0.2) is 18.3 Å². The number of carbonyl (C=O) groups is 1. The highest BCUT2D eigenvalue weighted by molar-refractivity contribution is 6.31. The molecule has 0 spiro atoms. The molecule has 0 bridgehead atoms. The highest BCUT2D eigenvalue weighted by Crippen LogP contribution is 2.51. The van der Waals surface area contributed by atoms with Gasteiger partial charge in [-0.25, -0.2) is 0 Å². The van der Waals surface area contributed by atoms with Gasteiger partial charge in [-0.3, -0.25) is 14.4 Å². The van der Waals surface area contributed by atoms with E-state index in [1.54, 1.807) is 0 Å². The first-order valence-corrected chi connectivity index (χ1v) is 11.2.